The van der Waals surface area contributed by atoms with Gasteiger partial charge >= 0.3 is 12.1 Å². The second kappa shape index (κ2) is 10.2. The van der Waals surface area contributed by atoms with Crippen molar-refractivity contribution < 1.29 is 24.2 Å². The topological polar surface area (TPSA) is 100 Å². The van der Waals surface area contributed by atoms with Gasteiger partial charge in [0.2, 0.25) is 5.91 Å². The van der Waals surface area contributed by atoms with Gasteiger partial charge in [0.05, 0.1) is 23.7 Å². The summed E-state index contributed by atoms with van der Waals surface area (Å²) in [4.78, 5) is 46.7. The molecule has 5 rings (SSSR count). The number of carboxylic acids is 1. The number of fused-ring (bicyclic) bond motifs is 2. The lowest BCUT2D eigenvalue weighted by Gasteiger charge is -2.45. The van der Waals surface area contributed by atoms with Gasteiger partial charge in [-0.15, -0.1) is 0 Å². The summed E-state index contributed by atoms with van der Waals surface area (Å²) >= 11 is 0. The molecule has 2 aromatic carbocycles. The van der Waals surface area contributed by atoms with Crippen LogP contribution in [0.1, 0.15) is 35.6 Å². The van der Waals surface area contributed by atoms with Crippen LogP contribution in [-0.2, 0) is 20.9 Å². The molecule has 8 nitrogen and oxygen atoms in total. The third-order valence-electron chi connectivity index (χ3n) is 6.98. The largest absolute Gasteiger partial charge is 0.480 e. The van der Waals surface area contributed by atoms with E-state index < -0.39 is 30.1 Å². The van der Waals surface area contributed by atoms with Crippen LogP contribution in [0.5, 0.6) is 0 Å². The number of aromatic nitrogens is 1. The highest BCUT2D eigenvalue weighted by Gasteiger charge is 2.54. The molecule has 2 saturated heterocycles. The van der Waals surface area contributed by atoms with E-state index in [1.54, 1.807) is 24.4 Å². The number of pyridine rings is 1. The Kier molecular flexibility index (Phi) is 6.66. The molecular formula is C28H27N3O5. The van der Waals surface area contributed by atoms with Crippen LogP contribution >= 0.6 is 0 Å². The number of rotatable bonds is 6. The van der Waals surface area contributed by atoms with Gasteiger partial charge in [-0.2, -0.15) is 0 Å². The van der Waals surface area contributed by atoms with E-state index in [1.807, 2.05) is 60.7 Å². The van der Waals surface area contributed by atoms with Gasteiger partial charge in [-0.05, 0) is 36.1 Å². The molecule has 3 heterocycles. The summed E-state index contributed by atoms with van der Waals surface area (Å²) < 4.78 is 5.49. The molecule has 2 bridgehead atoms. The zero-order valence-electron chi connectivity index (χ0n) is 19.6. The lowest BCUT2D eigenvalue weighted by atomic mass is 9.88. The first-order valence-corrected chi connectivity index (χ1v) is 12.0. The molecule has 3 aromatic rings. The summed E-state index contributed by atoms with van der Waals surface area (Å²) in [6, 6.07) is 22.0. The van der Waals surface area contributed by atoms with Crippen molar-refractivity contribution >= 4 is 18.0 Å². The predicted molar refractivity (Wildman–Crippen MR) is 131 cm³/mol. The van der Waals surface area contributed by atoms with E-state index in [0.717, 1.165) is 11.1 Å². The minimum Gasteiger partial charge on any atom is -0.480 e. The second-order valence-corrected chi connectivity index (χ2v) is 9.11. The number of amides is 2. The van der Waals surface area contributed by atoms with Crippen molar-refractivity contribution in [3.05, 3.63) is 102 Å². The van der Waals surface area contributed by atoms with Gasteiger partial charge in [0.25, 0.3) is 0 Å². The third-order valence-corrected chi connectivity index (χ3v) is 6.98. The number of likely N-dealkylation sites (tertiary alicyclic amines) is 1. The van der Waals surface area contributed by atoms with Gasteiger partial charge in [-0.25, -0.2) is 9.59 Å². The molecule has 36 heavy (non-hydrogen) atoms. The summed E-state index contributed by atoms with van der Waals surface area (Å²) in [5.74, 6) is -2.05. The number of hydrogen-bond acceptors (Lipinski definition) is 5. The molecular weight excluding hydrogens is 458 g/mol. The first-order valence-electron chi connectivity index (χ1n) is 12.0. The molecule has 2 fully saturated rings. The van der Waals surface area contributed by atoms with Gasteiger partial charge in [0.1, 0.15) is 12.6 Å². The van der Waals surface area contributed by atoms with E-state index in [9.17, 15) is 19.5 Å². The second-order valence-electron chi connectivity index (χ2n) is 9.11. The number of carbonyl (C=O) groups excluding carboxylic acids is 2. The molecule has 2 aliphatic heterocycles. The maximum absolute atomic E-state index is 14.0. The SMILES string of the molecule is O=C(O)[C@@H]1[C@H]2CC[C@@H](CN1C(=O)C(c1ccccc1)c1ccccc1)N2C(=O)OCc1ccccn1. The lowest BCUT2D eigenvalue weighted by molar-refractivity contribution is -0.156. The van der Waals surface area contributed by atoms with Gasteiger partial charge in [0, 0.05) is 12.7 Å². The maximum Gasteiger partial charge on any atom is 0.410 e. The van der Waals surface area contributed by atoms with Crippen molar-refractivity contribution in [1.82, 2.24) is 14.8 Å². The summed E-state index contributed by atoms with van der Waals surface area (Å²) in [7, 11) is 0. The Morgan fingerprint density at radius 3 is 2.14 bits per heavy atom. The smallest absolute Gasteiger partial charge is 0.410 e. The van der Waals surface area contributed by atoms with Crippen molar-refractivity contribution in [2.45, 2.75) is 43.5 Å². The molecule has 2 aliphatic rings. The Labute approximate surface area is 209 Å². The van der Waals surface area contributed by atoms with Crippen LogP contribution in [0.15, 0.2) is 85.1 Å². The number of carbonyl (C=O) groups is 3. The number of carboxylic acid groups (broad SMARTS) is 1. The first kappa shape index (κ1) is 23.5. The van der Waals surface area contributed by atoms with Gasteiger partial charge < -0.3 is 14.7 Å². The first-order chi connectivity index (χ1) is 17.5. The van der Waals surface area contributed by atoms with E-state index in [-0.39, 0.29) is 25.1 Å². The highest BCUT2D eigenvalue weighted by molar-refractivity contribution is 5.92. The average molecular weight is 486 g/mol. The quantitative estimate of drug-likeness (QED) is 0.572. The highest BCUT2D eigenvalue weighted by atomic mass is 16.6. The Morgan fingerprint density at radius 1 is 0.917 bits per heavy atom. The normalized spacial score (nSPS) is 20.9. The van der Waals surface area contributed by atoms with E-state index in [2.05, 4.69) is 4.98 Å². The van der Waals surface area contributed by atoms with Crippen LogP contribution in [0.2, 0.25) is 0 Å². The fourth-order valence-electron chi connectivity index (χ4n) is 5.39. The fourth-order valence-corrected chi connectivity index (χ4v) is 5.39. The minimum atomic E-state index is -1.16. The molecule has 0 saturated carbocycles. The van der Waals surface area contributed by atoms with Crippen molar-refractivity contribution in [2.24, 2.45) is 0 Å². The Balaban J connectivity index is 1.41. The minimum absolute atomic E-state index is 0.0000840. The Bertz CT molecular complexity index is 1180. The highest BCUT2D eigenvalue weighted by Crippen LogP contribution is 2.38. The average Bonchev–Trinajstić information content (AvgIpc) is 3.21. The van der Waals surface area contributed by atoms with E-state index in [1.165, 1.54) is 9.80 Å². The Morgan fingerprint density at radius 2 is 1.56 bits per heavy atom. The summed E-state index contributed by atoms with van der Waals surface area (Å²) in [6.07, 6.45) is 2.14. The van der Waals surface area contributed by atoms with Crippen LogP contribution in [0.3, 0.4) is 0 Å². The van der Waals surface area contributed by atoms with Gasteiger partial charge in [-0.1, -0.05) is 66.7 Å². The number of aliphatic carboxylic acids is 1. The monoisotopic (exact) mass is 485 g/mol. The van der Waals surface area contributed by atoms with Crippen molar-refractivity contribution in [3.8, 4) is 0 Å². The molecule has 0 radical (unpaired) electrons. The van der Waals surface area contributed by atoms with Crippen molar-refractivity contribution in [3.63, 3.8) is 0 Å². The van der Waals surface area contributed by atoms with Crippen molar-refractivity contribution in [1.29, 1.82) is 0 Å². The molecule has 2 amide bonds. The summed E-state index contributed by atoms with van der Waals surface area (Å²) in [5, 5.41) is 10.2. The van der Waals surface area contributed by atoms with Gasteiger partial charge in [0.15, 0.2) is 0 Å². The maximum atomic E-state index is 14.0. The molecule has 0 spiro atoms. The lowest BCUT2D eigenvalue weighted by Crippen LogP contribution is -2.65. The zero-order valence-corrected chi connectivity index (χ0v) is 19.6. The van der Waals surface area contributed by atoms with E-state index in [0.29, 0.717) is 18.5 Å². The van der Waals surface area contributed by atoms with Crippen LogP contribution < -0.4 is 0 Å². The predicted octanol–water partition coefficient (Wildman–Crippen LogP) is 3.68. The molecule has 184 valence electrons. The van der Waals surface area contributed by atoms with Crippen LogP contribution in [0.4, 0.5) is 4.79 Å². The molecule has 1 aromatic heterocycles. The molecule has 0 unspecified atom stereocenters. The van der Waals surface area contributed by atoms with Gasteiger partial charge in [-0.3, -0.25) is 14.7 Å². The third kappa shape index (κ3) is 4.54. The van der Waals surface area contributed by atoms with Crippen LogP contribution in [-0.4, -0.2) is 62.5 Å². The molecule has 8 heteroatoms. The number of nitrogens with zero attached hydrogens (tertiary/aromatic N) is 3. The summed E-state index contributed by atoms with van der Waals surface area (Å²) in [5.41, 5.74) is 2.19. The number of piperazine rings is 1. The van der Waals surface area contributed by atoms with E-state index >= 15 is 0 Å². The van der Waals surface area contributed by atoms with Crippen LogP contribution in [0.25, 0.3) is 0 Å². The van der Waals surface area contributed by atoms with Crippen molar-refractivity contribution in [2.75, 3.05) is 6.54 Å². The van der Waals surface area contributed by atoms with E-state index in [4.69, 9.17) is 4.74 Å². The summed E-state index contributed by atoms with van der Waals surface area (Å²) in [6.45, 7) is 0.140. The number of benzene rings is 2. The molecule has 3 atom stereocenters. The Hall–Kier alpha value is -4.20. The number of hydrogen-bond donors (Lipinski definition) is 1. The number of ether oxygens (including phenoxy) is 1. The molecule has 1 N–H and O–H groups in total. The molecule has 0 aliphatic carbocycles. The standard InChI is InChI=1S/C28H27N3O5/c32-26(24(19-9-3-1-4-10-19)20-11-5-2-6-12-20)30-17-22-14-15-23(25(30)27(33)34)31(22)28(35)36-18-21-13-7-8-16-29-21/h1-13,16,22-25H,14-15,17-18H2,(H,33,34)/t22-,23+,25-/m0/s1. The van der Waals surface area contributed by atoms with Crippen LogP contribution in [0, 0.1) is 0 Å². The fraction of sp³-hybridized carbons (Fsp3) is 0.286. The zero-order chi connectivity index (χ0) is 25.1.